The third-order valence-corrected chi connectivity index (χ3v) is 5.26. The zero-order valence-electron chi connectivity index (χ0n) is 13.1. The van der Waals surface area contributed by atoms with Crippen molar-refractivity contribution in [2.24, 2.45) is 5.92 Å². The Labute approximate surface area is 127 Å². The molecule has 0 bridgehead atoms. The van der Waals surface area contributed by atoms with Crippen LogP contribution in [-0.2, 0) is 14.3 Å². The Morgan fingerprint density at radius 1 is 1.19 bits per heavy atom. The predicted molar refractivity (Wildman–Crippen MR) is 79.9 cm³/mol. The molecule has 21 heavy (non-hydrogen) atoms. The molecular formula is C16H28N2O3. The number of carbonyl (C=O) groups is 1. The van der Waals surface area contributed by atoms with E-state index in [0.29, 0.717) is 31.7 Å². The molecule has 0 aromatic heterocycles. The van der Waals surface area contributed by atoms with Crippen molar-refractivity contribution >= 4 is 5.91 Å². The monoisotopic (exact) mass is 296 g/mol. The molecule has 1 N–H and O–H groups in total. The highest BCUT2D eigenvalue weighted by molar-refractivity contribution is 5.78. The SMILES string of the molecule is CC1CCCCC1NC(=O)CN1CCC2(CC1)OCCO2. The van der Waals surface area contributed by atoms with Crippen LogP contribution in [0.3, 0.4) is 0 Å². The molecule has 3 fully saturated rings. The van der Waals surface area contributed by atoms with E-state index in [-0.39, 0.29) is 11.7 Å². The molecular weight excluding hydrogens is 268 g/mol. The van der Waals surface area contributed by atoms with Crippen LogP contribution < -0.4 is 5.32 Å². The first-order valence-corrected chi connectivity index (χ1v) is 8.46. The van der Waals surface area contributed by atoms with Crippen molar-refractivity contribution in [3.63, 3.8) is 0 Å². The average molecular weight is 296 g/mol. The van der Waals surface area contributed by atoms with Gasteiger partial charge >= 0.3 is 0 Å². The van der Waals surface area contributed by atoms with Crippen LogP contribution >= 0.6 is 0 Å². The van der Waals surface area contributed by atoms with E-state index in [1.165, 1.54) is 19.3 Å². The first-order valence-electron chi connectivity index (χ1n) is 8.46. The molecule has 1 spiro atoms. The van der Waals surface area contributed by atoms with Crippen LogP contribution in [0.1, 0.15) is 45.4 Å². The summed E-state index contributed by atoms with van der Waals surface area (Å²) in [5.41, 5.74) is 0. The van der Waals surface area contributed by atoms with Gasteiger partial charge in [-0.3, -0.25) is 9.69 Å². The number of nitrogens with one attached hydrogen (secondary N) is 1. The van der Waals surface area contributed by atoms with E-state index in [0.717, 1.165) is 32.4 Å². The van der Waals surface area contributed by atoms with E-state index in [2.05, 4.69) is 17.1 Å². The Morgan fingerprint density at radius 3 is 2.52 bits per heavy atom. The lowest BCUT2D eigenvalue weighted by Crippen LogP contribution is -2.50. The second-order valence-corrected chi connectivity index (χ2v) is 6.82. The summed E-state index contributed by atoms with van der Waals surface area (Å²) in [4.78, 5) is 14.4. The summed E-state index contributed by atoms with van der Waals surface area (Å²) < 4.78 is 11.4. The summed E-state index contributed by atoms with van der Waals surface area (Å²) in [5, 5.41) is 3.23. The molecule has 3 aliphatic rings. The van der Waals surface area contributed by atoms with Crippen molar-refractivity contribution in [1.29, 1.82) is 0 Å². The Hall–Kier alpha value is -0.650. The zero-order chi connectivity index (χ0) is 14.7. The van der Waals surface area contributed by atoms with Crippen LogP contribution in [0.4, 0.5) is 0 Å². The summed E-state index contributed by atoms with van der Waals surface area (Å²) in [6.45, 7) is 5.95. The summed E-state index contributed by atoms with van der Waals surface area (Å²) >= 11 is 0. The van der Waals surface area contributed by atoms with Gasteiger partial charge in [0.2, 0.25) is 5.91 Å². The van der Waals surface area contributed by atoms with Gasteiger partial charge in [0.1, 0.15) is 0 Å². The van der Waals surface area contributed by atoms with Crippen molar-refractivity contribution in [2.75, 3.05) is 32.8 Å². The number of piperidine rings is 1. The number of hydrogen-bond acceptors (Lipinski definition) is 4. The topological polar surface area (TPSA) is 50.8 Å². The molecule has 0 aromatic carbocycles. The number of rotatable bonds is 3. The van der Waals surface area contributed by atoms with E-state index in [1.807, 2.05) is 0 Å². The molecule has 0 aromatic rings. The Balaban J connectivity index is 1.41. The Kier molecular flexibility index (Phi) is 4.82. The third-order valence-electron chi connectivity index (χ3n) is 5.26. The summed E-state index contributed by atoms with van der Waals surface area (Å²) in [6, 6.07) is 0.379. The van der Waals surface area contributed by atoms with Gasteiger partial charge in [-0.25, -0.2) is 0 Å². The van der Waals surface area contributed by atoms with Crippen LogP contribution in [0.5, 0.6) is 0 Å². The van der Waals surface area contributed by atoms with Gasteiger partial charge in [0.25, 0.3) is 0 Å². The minimum atomic E-state index is -0.342. The maximum Gasteiger partial charge on any atom is 0.234 e. The summed E-state index contributed by atoms with van der Waals surface area (Å²) in [7, 11) is 0. The van der Waals surface area contributed by atoms with Gasteiger partial charge in [-0.15, -0.1) is 0 Å². The number of carbonyl (C=O) groups excluding carboxylic acids is 1. The highest BCUT2D eigenvalue weighted by Crippen LogP contribution is 2.31. The highest BCUT2D eigenvalue weighted by atomic mass is 16.7. The number of likely N-dealkylation sites (tertiary alicyclic amines) is 1. The van der Waals surface area contributed by atoms with Gasteiger partial charge in [-0.05, 0) is 18.8 Å². The third kappa shape index (κ3) is 3.76. The molecule has 2 heterocycles. The number of amides is 1. The van der Waals surface area contributed by atoms with E-state index in [4.69, 9.17) is 9.47 Å². The van der Waals surface area contributed by atoms with Gasteiger partial charge in [0.05, 0.1) is 19.8 Å². The van der Waals surface area contributed by atoms with Crippen LogP contribution in [0.15, 0.2) is 0 Å². The minimum absolute atomic E-state index is 0.179. The first-order chi connectivity index (χ1) is 10.2. The normalized spacial score (nSPS) is 33.2. The molecule has 1 saturated carbocycles. The van der Waals surface area contributed by atoms with Gasteiger partial charge in [0, 0.05) is 32.0 Å². The lowest BCUT2D eigenvalue weighted by atomic mass is 9.86. The van der Waals surface area contributed by atoms with Crippen molar-refractivity contribution in [2.45, 2.75) is 57.3 Å². The van der Waals surface area contributed by atoms with Crippen molar-refractivity contribution in [3.05, 3.63) is 0 Å². The smallest absolute Gasteiger partial charge is 0.234 e. The van der Waals surface area contributed by atoms with Crippen molar-refractivity contribution in [3.8, 4) is 0 Å². The predicted octanol–water partition coefficient (Wildman–Crippen LogP) is 1.52. The fourth-order valence-corrected chi connectivity index (χ4v) is 3.82. The molecule has 0 radical (unpaired) electrons. The van der Waals surface area contributed by atoms with Crippen LogP contribution in [0.2, 0.25) is 0 Å². The van der Waals surface area contributed by atoms with Gasteiger partial charge in [0.15, 0.2) is 5.79 Å². The van der Waals surface area contributed by atoms with E-state index in [1.54, 1.807) is 0 Å². The molecule has 2 atom stereocenters. The zero-order valence-corrected chi connectivity index (χ0v) is 13.1. The minimum Gasteiger partial charge on any atom is -0.352 e. The molecule has 5 heteroatoms. The molecule has 120 valence electrons. The second kappa shape index (κ2) is 6.63. The maximum absolute atomic E-state index is 12.2. The second-order valence-electron chi connectivity index (χ2n) is 6.82. The highest BCUT2D eigenvalue weighted by Gasteiger charge is 2.40. The van der Waals surface area contributed by atoms with Crippen LogP contribution in [-0.4, -0.2) is 55.5 Å². The Bertz CT molecular complexity index is 359. The number of ether oxygens (including phenoxy) is 2. The fraction of sp³-hybridized carbons (Fsp3) is 0.938. The molecule has 3 rings (SSSR count). The molecule has 2 saturated heterocycles. The van der Waals surface area contributed by atoms with Crippen molar-refractivity contribution in [1.82, 2.24) is 10.2 Å². The van der Waals surface area contributed by atoms with Crippen LogP contribution in [0, 0.1) is 5.92 Å². The lowest BCUT2D eigenvalue weighted by molar-refractivity contribution is -0.185. The van der Waals surface area contributed by atoms with Crippen molar-refractivity contribution < 1.29 is 14.3 Å². The quantitative estimate of drug-likeness (QED) is 0.858. The molecule has 1 amide bonds. The Morgan fingerprint density at radius 2 is 1.86 bits per heavy atom. The standard InChI is InChI=1S/C16H28N2O3/c1-13-4-2-3-5-14(13)17-15(19)12-18-8-6-16(7-9-18)20-10-11-21-16/h13-14H,2-12H2,1H3,(H,17,19). The molecule has 2 unspecified atom stereocenters. The largest absolute Gasteiger partial charge is 0.352 e. The maximum atomic E-state index is 12.2. The molecule has 2 aliphatic heterocycles. The lowest BCUT2D eigenvalue weighted by Gasteiger charge is -2.37. The summed E-state index contributed by atoms with van der Waals surface area (Å²) in [5.74, 6) is 0.454. The number of nitrogens with zero attached hydrogens (tertiary/aromatic N) is 1. The van der Waals surface area contributed by atoms with Gasteiger partial charge in [-0.1, -0.05) is 19.8 Å². The average Bonchev–Trinajstić information content (AvgIpc) is 2.93. The van der Waals surface area contributed by atoms with E-state index in [9.17, 15) is 4.79 Å². The molecule has 5 nitrogen and oxygen atoms in total. The fourth-order valence-electron chi connectivity index (χ4n) is 3.82. The van der Waals surface area contributed by atoms with Crippen LogP contribution in [0.25, 0.3) is 0 Å². The summed E-state index contributed by atoms with van der Waals surface area (Å²) in [6.07, 6.45) is 6.68. The van der Waals surface area contributed by atoms with E-state index < -0.39 is 0 Å². The first kappa shape index (κ1) is 15.3. The van der Waals surface area contributed by atoms with Gasteiger partial charge in [-0.2, -0.15) is 0 Å². The van der Waals surface area contributed by atoms with E-state index >= 15 is 0 Å². The van der Waals surface area contributed by atoms with Gasteiger partial charge < -0.3 is 14.8 Å². The molecule has 1 aliphatic carbocycles. The number of hydrogen-bond donors (Lipinski definition) is 1.